The molecule has 1 aromatic carbocycles. The molecule has 2 amide bonds. The standard InChI is InChI=1S/C13H18N4O2/c1-17-6-8-3-2-4-11(9(8)7-17)16-13(19)10(14)5-12(15)18/h2-4,10H,5-7,14H2,1H3,(H2,15,18)(H,16,19)/t10-/m0/s1. The second kappa shape index (κ2) is 5.38. The highest BCUT2D eigenvalue weighted by atomic mass is 16.2. The summed E-state index contributed by atoms with van der Waals surface area (Å²) in [5, 5.41) is 2.77. The average molecular weight is 262 g/mol. The monoisotopic (exact) mass is 262 g/mol. The van der Waals surface area contributed by atoms with Gasteiger partial charge in [-0.15, -0.1) is 0 Å². The van der Waals surface area contributed by atoms with Gasteiger partial charge < -0.3 is 16.8 Å². The number of hydrogen-bond acceptors (Lipinski definition) is 4. The van der Waals surface area contributed by atoms with Crippen molar-refractivity contribution in [2.75, 3.05) is 12.4 Å². The van der Waals surface area contributed by atoms with Crippen molar-refractivity contribution < 1.29 is 9.59 Å². The maximum Gasteiger partial charge on any atom is 0.241 e. The first-order valence-electron chi connectivity index (χ1n) is 6.11. The van der Waals surface area contributed by atoms with E-state index in [1.807, 2.05) is 25.2 Å². The van der Waals surface area contributed by atoms with Crippen LogP contribution in [0.4, 0.5) is 5.69 Å². The number of nitrogens with two attached hydrogens (primary N) is 2. The highest BCUT2D eigenvalue weighted by Crippen LogP contribution is 2.28. The third-order valence-corrected chi connectivity index (χ3v) is 3.16. The molecule has 102 valence electrons. The average Bonchev–Trinajstić information content (AvgIpc) is 2.69. The third-order valence-electron chi connectivity index (χ3n) is 3.16. The smallest absolute Gasteiger partial charge is 0.241 e. The molecule has 1 aromatic rings. The Morgan fingerprint density at radius 1 is 1.42 bits per heavy atom. The van der Waals surface area contributed by atoms with Gasteiger partial charge in [-0.2, -0.15) is 0 Å². The Kier molecular flexibility index (Phi) is 3.82. The third kappa shape index (κ3) is 3.10. The van der Waals surface area contributed by atoms with Crippen molar-refractivity contribution in [1.82, 2.24) is 4.90 Å². The van der Waals surface area contributed by atoms with Crippen molar-refractivity contribution in [3.63, 3.8) is 0 Å². The van der Waals surface area contributed by atoms with Crippen LogP contribution in [-0.2, 0) is 22.7 Å². The molecule has 0 spiro atoms. The molecule has 0 unspecified atom stereocenters. The van der Waals surface area contributed by atoms with Gasteiger partial charge in [0.1, 0.15) is 0 Å². The highest BCUT2D eigenvalue weighted by Gasteiger charge is 2.21. The lowest BCUT2D eigenvalue weighted by molar-refractivity contribution is -0.123. The maximum atomic E-state index is 11.9. The van der Waals surface area contributed by atoms with Crippen molar-refractivity contribution in [1.29, 1.82) is 0 Å². The van der Waals surface area contributed by atoms with Crippen molar-refractivity contribution in [3.8, 4) is 0 Å². The molecule has 0 fully saturated rings. The summed E-state index contributed by atoms with van der Waals surface area (Å²) in [5.74, 6) is -0.970. The van der Waals surface area contributed by atoms with E-state index in [2.05, 4.69) is 10.2 Å². The van der Waals surface area contributed by atoms with Crippen LogP contribution in [0.3, 0.4) is 0 Å². The van der Waals surface area contributed by atoms with Crippen LogP contribution in [0.2, 0.25) is 0 Å². The summed E-state index contributed by atoms with van der Waals surface area (Å²) in [4.78, 5) is 24.8. The minimum absolute atomic E-state index is 0.152. The van der Waals surface area contributed by atoms with Gasteiger partial charge in [0.2, 0.25) is 11.8 Å². The number of rotatable bonds is 4. The predicted octanol–water partition coefficient (Wildman–Crippen LogP) is -0.227. The molecule has 6 nitrogen and oxygen atoms in total. The fraction of sp³-hybridized carbons (Fsp3) is 0.385. The number of hydrogen-bond donors (Lipinski definition) is 3. The first kappa shape index (κ1) is 13.5. The Bertz CT molecular complexity index is 515. The molecule has 1 aliphatic heterocycles. The zero-order chi connectivity index (χ0) is 14.0. The summed E-state index contributed by atoms with van der Waals surface area (Å²) in [6, 6.07) is 4.87. The molecule has 0 radical (unpaired) electrons. The van der Waals surface area contributed by atoms with Gasteiger partial charge in [0.15, 0.2) is 0 Å². The molecule has 6 heteroatoms. The fourth-order valence-electron chi connectivity index (χ4n) is 2.24. The second-order valence-corrected chi connectivity index (χ2v) is 4.88. The molecule has 0 aromatic heterocycles. The maximum absolute atomic E-state index is 11.9. The summed E-state index contributed by atoms with van der Waals surface area (Å²) in [5.41, 5.74) is 13.7. The van der Waals surface area contributed by atoms with Crippen LogP contribution < -0.4 is 16.8 Å². The number of anilines is 1. The molecule has 1 atom stereocenters. The summed E-state index contributed by atoms with van der Waals surface area (Å²) < 4.78 is 0. The molecule has 5 N–H and O–H groups in total. The number of nitrogens with one attached hydrogen (secondary N) is 1. The van der Waals surface area contributed by atoms with Crippen molar-refractivity contribution in [2.45, 2.75) is 25.6 Å². The lowest BCUT2D eigenvalue weighted by Crippen LogP contribution is -2.39. The lowest BCUT2D eigenvalue weighted by Gasteiger charge is -2.13. The van der Waals surface area contributed by atoms with Crippen LogP contribution in [0.15, 0.2) is 18.2 Å². The number of benzene rings is 1. The highest BCUT2D eigenvalue weighted by molar-refractivity contribution is 5.97. The van der Waals surface area contributed by atoms with Gasteiger partial charge in [0.25, 0.3) is 0 Å². The largest absolute Gasteiger partial charge is 0.370 e. The Morgan fingerprint density at radius 3 is 2.84 bits per heavy atom. The molecule has 2 rings (SSSR count). The van der Waals surface area contributed by atoms with Crippen molar-refractivity contribution in [2.24, 2.45) is 11.5 Å². The van der Waals surface area contributed by atoms with Gasteiger partial charge in [0, 0.05) is 18.8 Å². The Labute approximate surface area is 111 Å². The van der Waals surface area contributed by atoms with E-state index in [-0.39, 0.29) is 12.3 Å². The van der Waals surface area contributed by atoms with Crippen LogP contribution >= 0.6 is 0 Å². The first-order chi connectivity index (χ1) is 8.97. The summed E-state index contributed by atoms with van der Waals surface area (Å²) in [7, 11) is 2.02. The number of carbonyl (C=O) groups is 2. The van der Waals surface area contributed by atoms with Crippen molar-refractivity contribution in [3.05, 3.63) is 29.3 Å². The van der Waals surface area contributed by atoms with E-state index in [1.54, 1.807) is 0 Å². The number of carbonyl (C=O) groups excluding carboxylic acids is 2. The number of primary amides is 1. The van der Waals surface area contributed by atoms with Crippen molar-refractivity contribution >= 4 is 17.5 Å². The van der Waals surface area contributed by atoms with Gasteiger partial charge in [0.05, 0.1) is 12.5 Å². The Hall–Kier alpha value is -1.92. The van der Waals surface area contributed by atoms with E-state index in [9.17, 15) is 9.59 Å². The number of fused-ring (bicyclic) bond motifs is 1. The van der Waals surface area contributed by atoms with Crippen LogP contribution in [0.25, 0.3) is 0 Å². The Morgan fingerprint density at radius 2 is 2.16 bits per heavy atom. The molecular weight excluding hydrogens is 244 g/mol. The van der Waals surface area contributed by atoms with Gasteiger partial charge in [-0.25, -0.2) is 0 Å². The summed E-state index contributed by atoms with van der Waals surface area (Å²) in [6.07, 6.45) is -0.152. The van der Waals surface area contributed by atoms with Crippen LogP contribution in [0, 0.1) is 0 Å². The Balaban J connectivity index is 2.10. The molecular formula is C13H18N4O2. The SMILES string of the molecule is CN1Cc2cccc(NC(=O)[C@@H](N)CC(N)=O)c2C1. The molecule has 1 aliphatic rings. The molecule has 0 aliphatic carbocycles. The van der Waals surface area contributed by atoms with Crippen LogP contribution in [0.1, 0.15) is 17.5 Å². The van der Waals surface area contributed by atoms with E-state index in [1.165, 1.54) is 5.56 Å². The zero-order valence-electron chi connectivity index (χ0n) is 10.8. The van der Waals surface area contributed by atoms with Gasteiger partial charge in [-0.05, 0) is 24.2 Å². The minimum atomic E-state index is -0.910. The topological polar surface area (TPSA) is 101 Å². The van der Waals surface area contributed by atoms with Gasteiger partial charge in [-0.1, -0.05) is 12.1 Å². The number of amides is 2. The van der Waals surface area contributed by atoms with E-state index in [0.29, 0.717) is 0 Å². The fourth-order valence-corrected chi connectivity index (χ4v) is 2.24. The number of nitrogens with zero attached hydrogens (tertiary/aromatic N) is 1. The van der Waals surface area contributed by atoms with E-state index >= 15 is 0 Å². The van der Waals surface area contributed by atoms with E-state index < -0.39 is 11.9 Å². The second-order valence-electron chi connectivity index (χ2n) is 4.88. The van der Waals surface area contributed by atoms with Crippen LogP contribution in [0.5, 0.6) is 0 Å². The molecule has 0 saturated heterocycles. The van der Waals surface area contributed by atoms with Gasteiger partial charge in [-0.3, -0.25) is 14.5 Å². The quantitative estimate of drug-likeness (QED) is 0.697. The van der Waals surface area contributed by atoms with E-state index in [0.717, 1.165) is 24.3 Å². The molecule has 0 saturated carbocycles. The zero-order valence-corrected chi connectivity index (χ0v) is 10.8. The van der Waals surface area contributed by atoms with E-state index in [4.69, 9.17) is 11.5 Å². The summed E-state index contributed by atoms with van der Waals surface area (Å²) in [6.45, 7) is 1.66. The predicted molar refractivity (Wildman–Crippen MR) is 72.0 cm³/mol. The molecule has 0 bridgehead atoms. The molecule has 19 heavy (non-hydrogen) atoms. The lowest BCUT2D eigenvalue weighted by atomic mass is 10.1. The van der Waals surface area contributed by atoms with Crippen LogP contribution in [-0.4, -0.2) is 29.8 Å². The minimum Gasteiger partial charge on any atom is -0.370 e. The van der Waals surface area contributed by atoms with Gasteiger partial charge >= 0.3 is 0 Å². The molecule has 1 heterocycles. The summed E-state index contributed by atoms with van der Waals surface area (Å²) >= 11 is 0. The normalized spacial score (nSPS) is 15.9. The first-order valence-corrected chi connectivity index (χ1v) is 6.11.